The van der Waals surface area contributed by atoms with Crippen LogP contribution >= 0.6 is 0 Å². The van der Waals surface area contributed by atoms with E-state index < -0.39 is 11.7 Å². The van der Waals surface area contributed by atoms with Crippen LogP contribution in [0.1, 0.15) is 47.5 Å². The van der Waals surface area contributed by atoms with Crippen molar-refractivity contribution in [3.05, 3.63) is 0 Å². The molecular weight excluding hydrogens is 218 g/mol. The van der Waals surface area contributed by atoms with Gasteiger partial charge in [0.2, 0.25) is 0 Å². The first-order chi connectivity index (χ1) is 7.63. The van der Waals surface area contributed by atoms with Crippen LogP contribution in [0.4, 0.5) is 4.79 Å². The third-order valence-corrected chi connectivity index (χ3v) is 3.10. The maximum atomic E-state index is 11.6. The molecule has 1 unspecified atom stereocenters. The summed E-state index contributed by atoms with van der Waals surface area (Å²) in [5, 5.41) is 12.1. The zero-order chi connectivity index (χ0) is 13.3. The minimum atomic E-state index is -0.497. The number of amides is 1. The molecule has 0 aliphatic heterocycles. The summed E-state index contributed by atoms with van der Waals surface area (Å²) in [6.45, 7) is 9.85. The quantitative estimate of drug-likeness (QED) is 0.799. The Morgan fingerprint density at radius 2 is 2.00 bits per heavy atom. The normalized spacial score (nSPS) is 21.5. The summed E-state index contributed by atoms with van der Waals surface area (Å²) in [4.78, 5) is 11.6. The second-order valence-electron chi connectivity index (χ2n) is 6.77. The van der Waals surface area contributed by atoms with E-state index in [0.29, 0.717) is 11.3 Å². The van der Waals surface area contributed by atoms with Gasteiger partial charge in [0, 0.05) is 0 Å². The van der Waals surface area contributed by atoms with Crippen molar-refractivity contribution < 1.29 is 14.6 Å². The summed E-state index contributed by atoms with van der Waals surface area (Å²) in [6.07, 6.45) is 1.63. The number of ether oxygens (including phenoxy) is 1. The number of alkyl carbamates (subject to hydrolysis) is 1. The van der Waals surface area contributed by atoms with Crippen LogP contribution in [0.3, 0.4) is 0 Å². The molecule has 0 aromatic heterocycles. The molecule has 0 aromatic carbocycles. The molecule has 1 aliphatic rings. The second-order valence-corrected chi connectivity index (χ2v) is 6.77. The first-order valence-corrected chi connectivity index (χ1v) is 6.23. The Morgan fingerprint density at radius 3 is 2.35 bits per heavy atom. The van der Waals surface area contributed by atoms with E-state index in [1.54, 1.807) is 0 Å². The van der Waals surface area contributed by atoms with Crippen LogP contribution in [0.15, 0.2) is 0 Å². The molecule has 1 atom stereocenters. The zero-order valence-corrected chi connectivity index (χ0v) is 11.5. The molecule has 1 fully saturated rings. The van der Waals surface area contributed by atoms with Gasteiger partial charge in [-0.15, -0.1) is 0 Å². The molecule has 1 amide bonds. The molecule has 0 heterocycles. The number of rotatable bonds is 3. The lowest BCUT2D eigenvalue weighted by molar-refractivity contribution is 0.0211. The Morgan fingerprint density at radius 1 is 1.47 bits per heavy atom. The second kappa shape index (κ2) is 4.84. The van der Waals surface area contributed by atoms with Crippen LogP contribution < -0.4 is 5.32 Å². The Labute approximate surface area is 104 Å². The van der Waals surface area contributed by atoms with E-state index in [1.165, 1.54) is 0 Å². The topological polar surface area (TPSA) is 58.6 Å². The van der Waals surface area contributed by atoms with Gasteiger partial charge in [-0.1, -0.05) is 13.8 Å². The van der Waals surface area contributed by atoms with E-state index >= 15 is 0 Å². The molecule has 4 heteroatoms. The number of nitrogens with one attached hydrogen (secondary N) is 1. The van der Waals surface area contributed by atoms with Crippen molar-refractivity contribution in [2.24, 2.45) is 11.3 Å². The van der Waals surface area contributed by atoms with Crippen LogP contribution in [-0.2, 0) is 4.74 Å². The highest BCUT2D eigenvalue weighted by Crippen LogP contribution is 2.46. The van der Waals surface area contributed by atoms with Gasteiger partial charge in [0.05, 0.1) is 12.6 Å². The maximum absolute atomic E-state index is 11.6. The Balaban J connectivity index is 2.40. The summed E-state index contributed by atoms with van der Waals surface area (Å²) in [5.41, 5.74) is -0.156. The molecule has 1 saturated carbocycles. The minimum Gasteiger partial charge on any atom is -0.444 e. The fraction of sp³-hybridized carbons (Fsp3) is 0.923. The van der Waals surface area contributed by atoms with Crippen molar-refractivity contribution in [1.29, 1.82) is 0 Å². The smallest absolute Gasteiger partial charge is 0.407 e. The number of hydrogen-bond donors (Lipinski definition) is 2. The molecule has 100 valence electrons. The van der Waals surface area contributed by atoms with Gasteiger partial charge < -0.3 is 15.2 Å². The maximum Gasteiger partial charge on any atom is 0.407 e. The van der Waals surface area contributed by atoms with E-state index in [9.17, 15) is 9.90 Å². The van der Waals surface area contributed by atoms with Crippen LogP contribution in [-0.4, -0.2) is 29.4 Å². The molecule has 0 spiro atoms. The molecule has 0 radical (unpaired) electrons. The molecule has 1 rings (SSSR count). The minimum absolute atomic E-state index is 0.0278. The van der Waals surface area contributed by atoms with E-state index in [1.807, 2.05) is 20.8 Å². The monoisotopic (exact) mass is 243 g/mol. The average Bonchev–Trinajstić information content (AvgIpc) is 2.07. The van der Waals surface area contributed by atoms with Gasteiger partial charge in [0.1, 0.15) is 5.60 Å². The third-order valence-electron chi connectivity index (χ3n) is 3.10. The van der Waals surface area contributed by atoms with Crippen molar-refractivity contribution >= 4 is 6.09 Å². The van der Waals surface area contributed by atoms with Crippen LogP contribution in [0, 0.1) is 11.3 Å². The summed E-state index contributed by atoms with van der Waals surface area (Å²) in [5.74, 6) is 0.363. The lowest BCUT2D eigenvalue weighted by Gasteiger charge is -2.46. The first-order valence-electron chi connectivity index (χ1n) is 6.23. The van der Waals surface area contributed by atoms with Crippen molar-refractivity contribution in [2.75, 3.05) is 6.61 Å². The van der Waals surface area contributed by atoms with Gasteiger partial charge in [-0.25, -0.2) is 4.79 Å². The van der Waals surface area contributed by atoms with Gasteiger partial charge in [-0.3, -0.25) is 0 Å². The Kier molecular flexibility index (Phi) is 4.07. The van der Waals surface area contributed by atoms with Gasteiger partial charge in [0.25, 0.3) is 0 Å². The fourth-order valence-corrected chi connectivity index (χ4v) is 2.42. The number of hydrogen-bond acceptors (Lipinski definition) is 3. The first kappa shape index (κ1) is 14.3. The predicted octanol–water partition coefficient (Wildman–Crippen LogP) is 2.31. The van der Waals surface area contributed by atoms with Crippen LogP contribution in [0.25, 0.3) is 0 Å². The van der Waals surface area contributed by atoms with Gasteiger partial charge in [-0.2, -0.15) is 0 Å². The highest BCUT2D eigenvalue weighted by Gasteiger charge is 2.41. The fourth-order valence-electron chi connectivity index (χ4n) is 2.42. The van der Waals surface area contributed by atoms with Crippen LogP contribution in [0.5, 0.6) is 0 Å². The van der Waals surface area contributed by atoms with E-state index in [-0.39, 0.29) is 12.6 Å². The van der Waals surface area contributed by atoms with Crippen molar-refractivity contribution in [3.8, 4) is 0 Å². The SMILES string of the molecule is CC1(C)CC(C(CO)NC(=O)OC(C)(C)C)C1. The van der Waals surface area contributed by atoms with Crippen molar-refractivity contribution in [3.63, 3.8) is 0 Å². The summed E-state index contributed by atoms with van der Waals surface area (Å²) in [7, 11) is 0. The number of carbonyl (C=O) groups is 1. The predicted molar refractivity (Wildman–Crippen MR) is 66.7 cm³/mol. The zero-order valence-electron chi connectivity index (χ0n) is 11.5. The Hall–Kier alpha value is -0.770. The molecule has 0 bridgehead atoms. The van der Waals surface area contributed by atoms with E-state index in [4.69, 9.17) is 4.74 Å². The Bertz CT molecular complexity index is 273. The molecule has 2 N–H and O–H groups in total. The summed E-state index contributed by atoms with van der Waals surface area (Å²) in [6, 6.07) is -0.183. The molecule has 0 aromatic rings. The standard InChI is InChI=1S/C13H25NO3/c1-12(2,3)17-11(16)14-10(8-15)9-6-13(4,5)7-9/h9-10,15H,6-8H2,1-5H3,(H,14,16). The molecule has 4 nitrogen and oxygen atoms in total. The summed E-state index contributed by atoms with van der Waals surface area (Å²) >= 11 is 0. The number of aliphatic hydroxyl groups excluding tert-OH is 1. The van der Waals surface area contributed by atoms with Gasteiger partial charge in [-0.05, 0) is 44.9 Å². The molecule has 1 aliphatic carbocycles. The lowest BCUT2D eigenvalue weighted by atomic mass is 9.62. The third kappa shape index (κ3) is 4.54. The lowest BCUT2D eigenvalue weighted by Crippen LogP contribution is -2.50. The highest BCUT2D eigenvalue weighted by atomic mass is 16.6. The van der Waals surface area contributed by atoms with Crippen LogP contribution in [0.2, 0.25) is 0 Å². The average molecular weight is 243 g/mol. The number of aliphatic hydroxyl groups is 1. The van der Waals surface area contributed by atoms with Gasteiger partial charge in [0.15, 0.2) is 0 Å². The van der Waals surface area contributed by atoms with Gasteiger partial charge >= 0.3 is 6.09 Å². The van der Waals surface area contributed by atoms with E-state index in [2.05, 4.69) is 19.2 Å². The molecule has 0 saturated heterocycles. The molecular formula is C13H25NO3. The summed E-state index contributed by atoms with van der Waals surface area (Å²) < 4.78 is 5.18. The molecule has 17 heavy (non-hydrogen) atoms. The largest absolute Gasteiger partial charge is 0.444 e. The highest BCUT2D eigenvalue weighted by molar-refractivity contribution is 5.68. The van der Waals surface area contributed by atoms with Crippen molar-refractivity contribution in [2.45, 2.75) is 59.1 Å². The van der Waals surface area contributed by atoms with E-state index in [0.717, 1.165) is 12.8 Å². The number of carbonyl (C=O) groups excluding carboxylic acids is 1. The van der Waals surface area contributed by atoms with Crippen molar-refractivity contribution in [1.82, 2.24) is 5.32 Å².